The molecule has 3 rings (SSSR count). The third-order valence-corrected chi connectivity index (χ3v) is 5.78. The molecule has 0 spiro atoms. The molecule has 0 unspecified atom stereocenters. The smallest absolute Gasteiger partial charge is 0.262 e. The molecule has 7 heteroatoms. The molecule has 4 nitrogen and oxygen atoms in total. The van der Waals surface area contributed by atoms with Gasteiger partial charge in [-0.15, -0.1) is 11.3 Å². The number of thiophene rings is 1. The number of rotatable bonds is 3. The van der Waals surface area contributed by atoms with E-state index in [1.807, 2.05) is 30.3 Å². The quantitative estimate of drug-likeness (QED) is 0.798. The number of benzene rings is 1. The van der Waals surface area contributed by atoms with E-state index >= 15 is 0 Å². The maximum Gasteiger partial charge on any atom is 0.272 e. The van der Waals surface area contributed by atoms with Gasteiger partial charge in [0.05, 0.1) is 4.34 Å². The molecule has 0 saturated heterocycles. The number of hydrogen-bond donors (Lipinski definition) is 1. The Morgan fingerprint density at radius 3 is 2.65 bits per heavy atom. The van der Waals surface area contributed by atoms with Crippen LogP contribution in [0.25, 0.3) is 10.8 Å². The maximum atomic E-state index is 12.3. The van der Waals surface area contributed by atoms with Gasteiger partial charge in [-0.1, -0.05) is 35.9 Å². The second-order valence-corrected chi connectivity index (χ2v) is 7.67. The predicted molar refractivity (Wildman–Crippen MR) is 81.9 cm³/mol. The first-order valence-corrected chi connectivity index (χ1v) is 8.36. The molecule has 2 aromatic heterocycles. The topological polar surface area (TPSA) is 59.1 Å². The normalized spacial score (nSPS) is 11.7. The standard InChI is InChI=1S/C13H9ClN2O2S2/c14-11-5-6-12(19-11)20(17,18)16-13-10-4-2-1-3-9(10)7-8-15-13/h1-8H,(H,15,16). The fraction of sp³-hybridized carbons (Fsp3) is 0. The highest BCUT2D eigenvalue weighted by Crippen LogP contribution is 2.28. The molecule has 2 heterocycles. The second kappa shape index (κ2) is 5.05. The van der Waals surface area contributed by atoms with Gasteiger partial charge in [0.2, 0.25) is 0 Å². The highest BCUT2D eigenvalue weighted by Gasteiger charge is 2.18. The average Bonchev–Trinajstić information content (AvgIpc) is 2.86. The van der Waals surface area contributed by atoms with Crippen molar-refractivity contribution in [1.82, 2.24) is 4.98 Å². The maximum absolute atomic E-state index is 12.3. The van der Waals surface area contributed by atoms with Crippen LogP contribution >= 0.6 is 22.9 Å². The molecular weight excluding hydrogens is 316 g/mol. The third kappa shape index (κ3) is 2.49. The van der Waals surface area contributed by atoms with E-state index in [0.717, 1.165) is 22.1 Å². The lowest BCUT2D eigenvalue weighted by atomic mass is 10.2. The van der Waals surface area contributed by atoms with Gasteiger partial charge in [0.1, 0.15) is 10.0 Å². The molecule has 0 aliphatic carbocycles. The lowest BCUT2D eigenvalue weighted by molar-refractivity contribution is 0.603. The Kier molecular flexibility index (Phi) is 3.37. The summed E-state index contributed by atoms with van der Waals surface area (Å²) in [6.45, 7) is 0. The molecule has 3 aromatic rings. The van der Waals surface area contributed by atoms with E-state index in [4.69, 9.17) is 11.6 Å². The first-order valence-electron chi connectivity index (χ1n) is 5.68. The summed E-state index contributed by atoms with van der Waals surface area (Å²) >= 11 is 6.78. The minimum Gasteiger partial charge on any atom is -0.262 e. The van der Waals surface area contributed by atoms with Crippen molar-refractivity contribution >= 4 is 49.6 Å². The van der Waals surface area contributed by atoms with Crippen LogP contribution in [-0.4, -0.2) is 13.4 Å². The molecule has 1 aromatic carbocycles. The van der Waals surface area contributed by atoms with Crippen molar-refractivity contribution < 1.29 is 8.42 Å². The van der Waals surface area contributed by atoms with E-state index in [1.54, 1.807) is 12.3 Å². The Balaban J connectivity index is 2.05. The Morgan fingerprint density at radius 1 is 1.10 bits per heavy atom. The molecule has 0 atom stereocenters. The first-order chi connectivity index (χ1) is 9.56. The van der Waals surface area contributed by atoms with Crippen LogP contribution in [0.3, 0.4) is 0 Å². The zero-order chi connectivity index (χ0) is 14.2. The molecule has 0 aliphatic rings. The number of nitrogens with one attached hydrogen (secondary N) is 1. The van der Waals surface area contributed by atoms with Crippen molar-refractivity contribution in [1.29, 1.82) is 0 Å². The molecule has 0 saturated carbocycles. The van der Waals surface area contributed by atoms with E-state index in [1.165, 1.54) is 6.07 Å². The number of sulfonamides is 1. The molecule has 20 heavy (non-hydrogen) atoms. The van der Waals surface area contributed by atoms with Crippen LogP contribution in [-0.2, 0) is 10.0 Å². The van der Waals surface area contributed by atoms with Crippen LogP contribution in [0.5, 0.6) is 0 Å². The highest BCUT2D eigenvalue weighted by molar-refractivity contribution is 7.94. The van der Waals surface area contributed by atoms with Gasteiger partial charge in [0.25, 0.3) is 10.0 Å². The zero-order valence-electron chi connectivity index (χ0n) is 10.1. The van der Waals surface area contributed by atoms with E-state index in [-0.39, 0.29) is 4.21 Å². The van der Waals surface area contributed by atoms with Crippen LogP contribution in [0.1, 0.15) is 0 Å². The summed E-state index contributed by atoms with van der Waals surface area (Å²) in [5.41, 5.74) is 0. The molecule has 0 bridgehead atoms. The van der Waals surface area contributed by atoms with Gasteiger partial charge in [-0.05, 0) is 23.6 Å². The Hall–Kier alpha value is -1.63. The highest BCUT2D eigenvalue weighted by atomic mass is 35.5. The van der Waals surface area contributed by atoms with Crippen LogP contribution in [0, 0.1) is 0 Å². The van der Waals surface area contributed by atoms with Gasteiger partial charge in [0.15, 0.2) is 0 Å². The Bertz CT molecular complexity index is 869. The van der Waals surface area contributed by atoms with E-state index in [2.05, 4.69) is 9.71 Å². The number of pyridine rings is 1. The minimum atomic E-state index is -3.66. The van der Waals surface area contributed by atoms with Crippen molar-refractivity contribution in [3.8, 4) is 0 Å². The molecular formula is C13H9ClN2O2S2. The van der Waals surface area contributed by atoms with Gasteiger partial charge in [-0.25, -0.2) is 13.4 Å². The summed E-state index contributed by atoms with van der Waals surface area (Å²) in [5, 5.41) is 1.67. The number of aromatic nitrogens is 1. The SMILES string of the molecule is O=S(=O)(Nc1nccc2ccccc12)c1ccc(Cl)s1. The summed E-state index contributed by atoms with van der Waals surface area (Å²) in [4.78, 5) is 4.11. The monoisotopic (exact) mass is 324 g/mol. The van der Waals surface area contributed by atoms with Crippen LogP contribution in [0.4, 0.5) is 5.82 Å². The summed E-state index contributed by atoms with van der Waals surface area (Å²) in [6.07, 6.45) is 1.57. The van der Waals surface area contributed by atoms with Gasteiger partial charge >= 0.3 is 0 Å². The summed E-state index contributed by atoms with van der Waals surface area (Å²) in [5.74, 6) is 0.313. The van der Waals surface area contributed by atoms with Gasteiger partial charge in [-0.2, -0.15) is 0 Å². The van der Waals surface area contributed by atoms with Crippen molar-refractivity contribution in [3.05, 3.63) is 53.0 Å². The molecule has 0 radical (unpaired) electrons. The van der Waals surface area contributed by atoms with Crippen molar-refractivity contribution in [3.63, 3.8) is 0 Å². The fourth-order valence-electron chi connectivity index (χ4n) is 1.82. The summed E-state index contributed by atoms with van der Waals surface area (Å²) in [6, 6.07) is 12.3. The molecule has 102 valence electrons. The largest absolute Gasteiger partial charge is 0.272 e. The van der Waals surface area contributed by atoms with Gasteiger partial charge in [-0.3, -0.25) is 4.72 Å². The van der Waals surface area contributed by atoms with Crippen LogP contribution < -0.4 is 4.72 Å². The second-order valence-electron chi connectivity index (χ2n) is 4.04. The lowest BCUT2D eigenvalue weighted by Crippen LogP contribution is -2.12. The van der Waals surface area contributed by atoms with Crippen molar-refractivity contribution in [2.45, 2.75) is 4.21 Å². The lowest BCUT2D eigenvalue weighted by Gasteiger charge is -2.08. The number of halogens is 1. The zero-order valence-corrected chi connectivity index (χ0v) is 12.5. The average molecular weight is 325 g/mol. The van der Waals surface area contributed by atoms with Crippen LogP contribution in [0.15, 0.2) is 52.9 Å². The summed E-state index contributed by atoms with van der Waals surface area (Å²) < 4.78 is 27.6. The fourth-order valence-corrected chi connectivity index (χ4v) is 4.33. The number of hydrogen-bond acceptors (Lipinski definition) is 4. The van der Waals surface area contributed by atoms with Crippen molar-refractivity contribution in [2.24, 2.45) is 0 Å². The molecule has 0 amide bonds. The first kappa shape index (κ1) is 13.4. The van der Waals surface area contributed by atoms with Gasteiger partial charge < -0.3 is 0 Å². The number of nitrogens with zero attached hydrogens (tertiary/aromatic N) is 1. The molecule has 0 aliphatic heterocycles. The Morgan fingerprint density at radius 2 is 1.90 bits per heavy atom. The molecule has 0 fully saturated rings. The van der Waals surface area contributed by atoms with E-state index < -0.39 is 10.0 Å². The number of fused-ring (bicyclic) bond motifs is 1. The minimum absolute atomic E-state index is 0.164. The van der Waals surface area contributed by atoms with E-state index in [0.29, 0.717) is 10.2 Å². The number of anilines is 1. The third-order valence-electron chi connectivity index (χ3n) is 2.72. The Labute approximate surface area is 125 Å². The van der Waals surface area contributed by atoms with Crippen molar-refractivity contribution in [2.75, 3.05) is 4.72 Å². The van der Waals surface area contributed by atoms with Gasteiger partial charge in [0, 0.05) is 11.6 Å². The predicted octanol–water partition coefficient (Wildman–Crippen LogP) is 3.75. The molecule has 1 N–H and O–H groups in total. The summed E-state index contributed by atoms with van der Waals surface area (Å²) in [7, 11) is -3.66. The van der Waals surface area contributed by atoms with Crippen LogP contribution in [0.2, 0.25) is 4.34 Å². The van der Waals surface area contributed by atoms with E-state index in [9.17, 15) is 8.42 Å².